The number of rotatable bonds is 3. The van der Waals surface area contributed by atoms with E-state index in [-0.39, 0.29) is 29.9 Å². The predicted octanol–water partition coefficient (Wildman–Crippen LogP) is 1.47. The number of esters is 1. The predicted molar refractivity (Wildman–Crippen MR) is 75.7 cm³/mol. The van der Waals surface area contributed by atoms with E-state index in [1.165, 1.54) is 7.11 Å². The summed E-state index contributed by atoms with van der Waals surface area (Å²) in [5.74, 6) is -0.0255. The van der Waals surface area contributed by atoms with Crippen LogP contribution < -0.4 is 9.47 Å². The van der Waals surface area contributed by atoms with E-state index in [1.807, 2.05) is 6.92 Å². The molecule has 2 aliphatic heterocycles. The second kappa shape index (κ2) is 5.46. The number of hydrogen-bond acceptors (Lipinski definition) is 6. The van der Waals surface area contributed by atoms with Crippen LogP contribution in [0, 0.1) is 5.92 Å². The fourth-order valence-electron chi connectivity index (χ4n) is 2.85. The Morgan fingerprint density at radius 2 is 2.18 bits per heavy atom. The number of carbonyl (C=O) groups excluding carboxylic acids is 2. The van der Waals surface area contributed by atoms with E-state index in [0.717, 1.165) is 0 Å². The largest absolute Gasteiger partial charge is 0.496 e. The Hall–Kier alpha value is -2.34. The van der Waals surface area contributed by atoms with Crippen molar-refractivity contribution in [3.63, 3.8) is 0 Å². The van der Waals surface area contributed by atoms with Gasteiger partial charge in [-0.2, -0.15) is 0 Å². The SMILES string of the molecule is COc1cccc2c1C(=O)/C(=C(\CO)[C@H]1OC(=O)C[C@H]1C)O2. The molecule has 0 aliphatic carbocycles. The molecule has 0 unspecified atom stereocenters. The monoisotopic (exact) mass is 304 g/mol. The number of carbonyl (C=O) groups is 2. The first kappa shape index (κ1) is 14.6. The smallest absolute Gasteiger partial charge is 0.306 e. The normalized spacial score (nSPS) is 25.6. The molecule has 0 radical (unpaired) electrons. The quantitative estimate of drug-likeness (QED) is 0.672. The van der Waals surface area contributed by atoms with E-state index < -0.39 is 12.7 Å². The highest BCUT2D eigenvalue weighted by atomic mass is 16.6. The van der Waals surface area contributed by atoms with Crippen molar-refractivity contribution in [2.45, 2.75) is 19.4 Å². The molecule has 0 aromatic heterocycles. The van der Waals surface area contributed by atoms with E-state index in [4.69, 9.17) is 14.2 Å². The van der Waals surface area contributed by atoms with Crippen molar-refractivity contribution >= 4 is 11.8 Å². The Labute approximate surface area is 127 Å². The summed E-state index contributed by atoms with van der Waals surface area (Å²) < 4.78 is 16.0. The Bertz CT molecular complexity index is 675. The van der Waals surface area contributed by atoms with Crippen molar-refractivity contribution in [3.8, 4) is 11.5 Å². The minimum absolute atomic E-state index is 0.0218. The van der Waals surface area contributed by atoms with E-state index in [1.54, 1.807) is 18.2 Å². The third-order valence-corrected chi connectivity index (χ3v) is 3.92. The van der Waals surface area contributed by atoms with Crippen LogP contribution in [-0.2, 0) is 9.53 Å². The second-order valence-corrected chi connectivity index (χ2v) is 5.37. The molecule has 1 saturated heterocycles. The number of Topliss-reactive ketones (excluding diaryl/α,β-unsaturated/α-hetero) is 1. The number of ether oxygens (including phenoxy) is 3. The average molecular weight is 304 g/mol. The topological polar surface area (TPSA) is 82.1 Å². The summed E-state index contributed by atoms with van der Waals surface area (Å²) in [5, 5.41) is 9.66. The fourth-order valence-corrected chi connectivity index (χ4v) is 2.85. The number of hydrogen-bond donors (Lipinski definition) is 1. The highest BCUT2D eigenvalue weighted by Crippen LogP contribution is 2.40. The van der Waals surface area contributed by atoms with Crippen LogP contribution in [0.3, 0.4) is 0 Å². The Kier molecular flexibility index (Phi) is 3.62. The molecule has 116 valence electrons. The van der Waals surface area contributed by atoms with Crippen LogP contribution in [-0.4, -0.2) is 36.7 Å². The molecule has 6 heteroatoms. The maximum atomic E-state index is 12.6. The minimum Gasteiger partial charge on any atom is -0.496 e. The van der Waals surface area contributed by atoms with E-state index >= 15 is 0 Å². The van der Waals surface area contributed by atoms with E-state index in [9.17, 15) is 14.7 Å². The molecule has 3 rings (SSSR count). The van der Waals surface area contributed by atoms with Gasteiger partial charge in [0.2, 0.25) is 5.78 Å². The van der Waals surface area contributed by atoms with Gasteiger partial charge in [-0.25, -0.2) is 0 Å². The van der Waals surface area contributed by atoms with Gasteiger partial charge in [-0.1, -0.05) is 13.0 Å². The van der Waals surface area contributed by atoms with Gasteiger partial charge in [0, 0.05) is 11.5 Å². The third kappa shape index (κ3) is 2.16. The zero-order chi connectivity index (χ0) is 15.9. The van der Waals surface area contributed by atoms with Gasteiger partial charge in [0.05, 0.1) is 20.1 Å². The number of benzene rings is 1. The van der Waals surface area contributed by atoms with Crippen LogP contribution in [0.4, 0.5) is 0 Å². The van der Waals surface area contributed by atoms with Crippen molar-refractivity contribution in [1.82, 2.24) is 0 Å². The molecular formula is C16H16O6. The van der Waals surface area contributed by atoms with Crippen LogP contribution >= 0.6 is 0 Å². The Balaban J connectivity index is 2.05. The molecule has 0 bridgehead atoms. The molecule has 2 heterocycles. The lowest BCUT2D eigenvalue weighted by atomic mass is 9.95. The summed E-state index contributed by atoms with van der Waals surface area (Å²) in [6.45, 7) is 1.42. The van der Waals surface area contributed by atoms with Crippen LogP contribution in [0.2, 0.25) is 0 Å². The molecule has 6 nitrogen and oxygen atoms in total. The lowest BCUT2D eigenvalue weighted by Gasteiger charge is -2.17. The molecule has 1 fully saturated rings. The molecule has 0 spiro atoms. The number of cyclic esters (lactones) is 1. The summed E-state index contributed by atoms with van der Waals surface area (Å²) in [6.07, 6.45) is -0.386. The average Bonchev–Trinajstić information content (AvgIpc) is 3.01. The van der Waals surface area contributed by atoms with Gasteiger partial charge in [-0.3, -0.25) is 9.59 Å². The highest BCUT2D eigenvalue weighted by molar-refractivity contribution is 6.14. The van der Waals surface area contributed by atoms with Crippen molar-refractivity contribution in [2.75, 3.05) is 13.7 Å². The van der Waals surface area contributed by atoms with Crippen LogP contribution in [0.1, 0.15) is 23.7 Å². The number of aliphatic hydroxyl groups is 1. The first-order valence-electron chi connectivity index (χ1n) is 6.99. The third-order valence-electron chi connectivity index (χ3n) is 3.92. The van der Waals surface area contributed by atoms with Crippen molar-refractivity contribution in [1.29, 1.82) is 0 Å². The van der Waals surface area contributed by atoms with Gasteiger partial charge in [0.15, 0.2) is 5.76 Å². The molecule has 22 heavy (non-hydrogen) atoms. The number of fused-ring (bicyclic) bond motifs is 1. The maximum absolute atomic E-state index is 12.6. The van der Waals surface area contributed by atoms with Crippen LogP contribution in [0.5, 0.6) is 11.5 Å². The summed E-state index contributed by atoms with van der Waals surface area (Å²) in [4.78, 5) is 24.0. The van der Waals surface area contributed by atoms with Crippen molar-refractivity contribution in [2.24, 2.45) is 5.92 Å². The molecule has 1 aromatic rings. The fraction of sp³-hybridized carbons (Fsp3) is 0.375. The van der Waals surface area contributed by atoms with E-state index in [0.29, 0.717) is 22.6 Å². The van der Waals surface area contributed by atoms with Crippen LogP contribution in [0.15, 0.2) is 29.5 Å². The number of ketones is 1. The first-order valence-corrected chi connectivity index (χ1v) is 6.99. The van der Waals surface area contributed by atoms with E-state index in [2.05, 4.69) is 0 Å². The highest BCUT2D eigenvalue weighted by Gasteiger charge is 2.40. The second-order valence-electron chi connectivity index (χ2n) is 5.37. The van der Waals surface area contributed by atoms with Gasteiger partial charge in [0.1, 0.15) is 23.2 Å². The number of aliphatic hydroxyl groups excluding tert-OH is 1. The molecule has 1 aromatic carbocycles. The Morgan fingerprint density at radius 1 is 1.41 bits per heavy atom. The van der Waals surface area contributed by atoms with Crippen molar-refractivity contribution < 1.29 is 28.9 Å². The summed E-state index contributed by atoms with van der Waals surface area (Å²) in [7, 11) is 1.47. The molecule has 0 saturated carbocycles. The summed E-state index contributed by atoms with van der Waals surface area (Å²) in [5.41, 5.74) is 0.615. The zero-order valence-electron chi connectivity index (χ0n) is 12.3. The number of methoxy groups -OCH3 is 1. The lowest BCUT2D eigenvalue weighted by molar-refractivity contribution is -0.140. The maximum Gasteiger partial charge on any atom is 0.306 e. The zero-order valence-corrected chi connectivity index (χ0v) is 12.3. The minimum atomic E-state index is -0.642. The molecule has 2 atom stereocenters. The summed E-state index contributed by atoms with van der Waals surface area (Å²) >= 11 is 0. The standard InChI is InChI=1S/C16H16O6/c1-8-6-12(18)22-15(8)9(7-17)16-14(19)13-10(20-2)4-3-5-11(13)21-16/h3-5,8,15,17H,6-7H2,1-2H3/b16-9-/t8-,15+/m1/s1. The van der Waals surface area contributed by atoms with Crippen LogP contribution in [0.25, 0.3) is 0 Å². The lowest BCUT2D eigenvalue weighted by Crippen LogP contribution is -2.23. The Morgan fingerprint density at radius 3 is 2.77 bits per heavy atom. The molecule has 1 N–H and O–H groups in total. The number of allylic oxidation sites excluding steroid dienone is 1. The van der Waals surface area contributed by atoms with Gasteiger partial charge < -0.3 is 19.3 Å². The van der Waals surface area contributed by atoms with Gasteiger partial charge in [0.25, 0.3) is 0 Å². The summed E-state index contributed by atoms with van der Waals surface area (Å²) in [6, 6.07) is 5.03. The van der Waals surface area contributed by atoms with Crippen molar-refractivity contribution in [3.05, 3.63) is 35.1 Å². The molecule has 0 amide bonds. The van der Waals surface area contributed by atoms with Gasteiger partial charge >= 0.3 is 5.97 Å². The first-order chi connectivity index (χ1) is 10.6. The molecular weight excluding hydrogens is 288 g/mol. The van der Waals surface area contributed by atoms with Gasteiger partial charge in [-0.15, -0.1) is 0 Å². The van der Waals surface area contributed by atoms with Gasteiger partial charge in [-0.05, 0) is 12.1 Å². The molecule has 2 aliphatic rings.